The van der Waals surface area contributed by atoms with Gasteiger partial charge in [-0.15, -0.1) is 0 Å². The fourth-order valence-electron chi connectivity index (χ4n) is 2.79. The van der Waals surface area contributed by atoms with Crippen molar-refractivity contribution in [3.63, 3.8) is 0 Å². The minimum Gasteiger partial charge on any atom is -0.301 e. The van der Waals surface area contributed by atoms with Gasteiger partial charge in [0.1, 0.15) is 11.9 Å². The first-order valence-electron chi connectivity index (χ1n) is 6.90. The van der Waals surface area contributed by atoms with Gasteiger partial charge in [0.2, 0.25) is 0 Å². The van der Waals surface area contributed by atoms with Crippen LogP contribution in [-0.2, 0) is 0 Å². The molecule has 0 aliphatic carbocycles. The average molecular weight is 296 g/mol. The van der Waals surface area contributed by atoms with Gasteiger partial charge in [0.15, 0.2) is 0 Å². The number of rotatable bonds is 3. The molecule has 1 aromatic carbocycles. The minimum absolute atomic E-state index is 0.198. The van der Waals surface area contributed by atoms with Crippen molar-refractivity contribution >= 4 is 11.6 Å². The van der Waals surface area contributed by atoms with Crippen LogP contribution in [0.15, 0.2) is 18.2 Å². The zero-order valence-electron chi connectivity index (χ0n) is 11.8. The first kappa shape index (κ1) is 15.2. The molecular weight excluding hydrogens is 277 g/mol. The van der Waals surface area contributed by atoms with Crippen LogP contribution >= 0.6 is 11.6 Å². The van der Waals surface area contributed by atoms with Crippen LogP contribution in [0.4, 0.5) is 4.39 Å². The summed E-state index contributed by atoms with van der Waals surface area (Å²) < 4.78 is 14.0. The molecule has 1 aliphatic rings. The van der Waals surface area contributed by atoms with E-state index in [1.165, 1.54) is 6.07 Å². The predicted octanol–water partition coefficient (Wildman–Crippen LogP) is 3.07. The van der Waals surface area contributed by atoms with E-state index in [9.17, 15) is 9.65 Å². The molecule has 2 atom stereocenters. The van der Waals surface area contributed by atoms with Crippen molar-refractivity contribution in [2.24, 2.45) is 0 Å². The smallest absolute Gasteiger partial charge is 0.130 e. The van der Waals surface area contributed by atoms with E-state index in [1.807, 2.05) is 4.90 Å². The van der Waals surface area contributed by atoms with Crippen LogP contribution in [0.2, 0.25) is 5.02 Å². The van der Waals surface area contributed by atoms with Gasteiger partial charge in [0.05, 0.1) is 6.07 Å². The van der Waals surface area contributed by atoms with E-state index < -0.39 is 11.9 Å². The molecule has 0 N–H and O–H groups in total. The molecule has 1 aliphatic heterocycles. The third-order valence-corrected chi connectivity index (χ3v) is 4.27. The van der Waals surface area contributed by atoms with Crippen LogP contribution in [0.3, 0.4) is 0 Å². The second-order valence-electron chi connectivity index (χ2n) is 5.15. The Morgan fingerprint density at radius 1 is 1.50 bits per heavy atom. The fraction of sp³-hybridized carbons (Fsp3) is 0.533. The van der Waals surface area contributed by atoms with E-state index in [0.717, 1.165) is 26.2 Å². The van der Waals surface area contributed by atoms with Gasteiger partial charge in [-0.25, -0.2) is 4.39 Å². The van der Waals surface area contributed by atoms with Gasteiger partial charge < -0.3 is 4.90 Å². The van der Waals surface area contributed by atoms with Gasteiger partial charge >= 0.3 is 0 Å². The summed E-state index contributed by atoms with van der Waals surface area (Å²) in [5, 5.41) is 9.81. The van der Waals surface area contributed by atoms with Gasteiger partial charge in [-0.2, -0.15) is 5.26 Å². The third-order valence-electron chi connectivity index (χ3n) is 3.94. The Morgan fingerprint density at radius 2 is 2.25 bits per heavy atom. The summed E-state index contributed by atoms with van der Waals surface area (Å²) in [4.78, 5) is 4.37. The molecule has 1 aromatic rings. The largest absolute Gasteiger partial charge is 0.301 e. The number of nitrogens with zero attached hydrogens (tertiary/aromatic N) is 3. The number of piperazine rings is 1. The first-order valence-corrected chi connectivity index (χ1v) is 7.27. The molecule has 2 rings (SSSR count). The number of hydrogen-bond donors (Lipinski definition) is 0. The van der Waals surface area contributed by atoms with Crippen LogP contribution in [0.5, 0.6) is 0 Å². The highest BCUT2D eigenvalue weighted by Gasteiger charge is 2.32. The Kier molecular flexibility index (Phi) is 4.98. The average Bonchev–Trinajstić information content (AvgIpc) is 2.43. The summed E-state index contributed by atoms with van der Waals surface area (Å²) in [5.74, 6) is -0.408. The molecule has 2 unspecified atom stereocenters. The number of nitriles is 1. The highest BCUT2D eigenvalue weighted by atomic mass is 35.5. The lowest BCUT2D eigenvalue weighted by atomic mass is 10.0. The normalized spacial score (nSPS) is 22.4. The molecule has 1 heterocycles. The summed E-state index contributed by atoms with van der Waals surface area (Å²) in [6.45, 7) is 7.72. The van der Waals surface area contributed by atoms with E-state index in [-0.39, 0.29) is 6.04 Å². The second-order valence-corrected chi connectivity index (χ2v) is 5.55. The summed E-state index contributed by atoms with van der Waals surface area (Å²) in [6.07, 6.45) is 0. The zero-order chi connectivity index (χ0) is 14.7. The van der Waals surface area contributed by atoms with Crippen molar-refractivity contribution in [1.82, 2.24) is 9.80 Å². The topological polar surface area (TPSA) is 30.3 Å². The summed E-state index contributed by atoms with van der Waals surface area (Å²) in [5.41, 5.74) is 0.300. The lowest BCUT2D eigenvalue weighted by Gasteiger charge is -2.41. The van der Waals surface area contributed by atoms with Gasteiger partial charge in [-0.1, -0.05) is 24.6 Å². The summed E-state index contributed by atoms with van der Waals surface area (Å²) >= 11 is 6.10. The molecule has 0 aromatic heterocycles. The van der Waals surface area contributed by atoms with Crippen molar-refractivity contribution in [3.8, 4) is 6.07 Å². The molecule has 3 nitrogen and oxygen atoms in total. The first-order chi connectivity index (χ1) is 9.58. The maximum Gasteiger partial charge on any atom is 0.130 e. The number of benzene rings is 1. The quantitative estimate of drug-likeness (QED) is 0.858. The van der Waals surface area contributed by atoms with E-state index in [0.29, 0.717) is 10.6 Å². The van der Waals surface area contributed by atoms with Crippen molar-refractivity contribution in [1.29, 1.82) is 5.26 Å². The van der Waals surface area contributed by atoms with Crippen molar-refractivity contribution in [3.05, 3.63) is 34.6 Å². The zero-order valence-corrected chi connectivity index (χ0v) is 12.6. The summed E-state index contributed by atoms with van der Waals surface area (Å²) in [6, 6.07) is 6.35. The maximum absolute atomic E-state index is 14.0. The van der Waals surface area contributed by atoms with E-state index in [1.54, 1.807) is 12.1 Å². The lowest BCUT2D eigenvalue weighted by Crippen LogP contribution is -2.52. The van der Waals surface area contributed by atoms with Crippen LogP contribution in [-0.4, -0.2) is 42.0 Å². The molecule has 5 heteroatoms. The van der Waals surface area contributed by atoms with Gasteiger partial charge in [0.25, 0.3) is 0 Å². The van der Waals surface area contributed by atoms with Crippen LogP contribution in [0, 0.1) is 17.1 Å². The van der Waals surface area contributed by atoms with E-state index in [2.05, 4.69) is 24.8 Å². The molecule has 20 heavy (non-hydrogen) atoms. The minimum atomic E-state index is -0.627. The van der Waals surface area contributed by atoms with Crippen LogP contribution in [0.25, 0.3) is 0 Å². The molecule has 1 fully saturated rings. The van der Waals surface area contributed by atoms with Crippen molar-refractivity contribution in [2.45, 2.75) is 25.9 Å². The Bertz CT molecular complexity index is 494. The molecular formula is C15H19ClFN3. The third kappa shape index (κ3) is 2.95. The van der Waals surface area contributed by atoms with Crippen LogP contribution in [0.1, 0.15) is 25.5 Å². The summed E-state index contributed by atoms with van der Waals surface area (Å²) in [7, 11) is 0. The Morgan fingerprint density at radius 3 is 2.80 bits per heavy atom. The van der Waals surface area contributed by atoms with Crippen molar-refractivity contribution < 1.29 is 4.39 Å². The van der Waals surface area contributed by atoms with Gasteiger partial charge in [0, 0.05) is 36.3 Å². The van der Waals surface area contributed by atoms with Crippen LogP contribution < -0.4 is 0 Å². The predicted molar refractivity (Wildman–Crippen MR) is 78.0 cm³/mol. The number of hydrogen-bond acceptors (Lipinski definition) is 3. The SMILES string of the molecule is CCN1CCN(C(C#N)c2c(F)cccc2Cl)C(C)C1. The van der Waals surface area contributed by atoms with Crippen molar-refractivity contribution in [2.75, 3.05) is 26.2 Å². The molecule has 108 valence electrons. The molecule has 0 radical (unpaired) electrons. The monoisotopic (exact) mass is 295 g/mol. The van der Waals surface area contributed by atoms with Gasteiger partial charge in [-0.05, 0) is 25.6 Å². The molecule has 0 amide bonds. The molecule has 1 saturated heterocycles. The second kappa shape index (κ2) is 6.53. The van der Waals surface area contributed by atoms with Gasteiger partial charge in [-0.3, -0.25) is 4.90 Å². The molecule has 0 spiro atoms. The highest BCUT2D eigenvalue weighted by Crippen LogP contribution is 2.31. The highest BCUT2D eigenvalue weighted by molar-refractivity contribution is 6.31. The standard InChI is InChI=1S/C15H19ClFN3/c1-3-19-7-8-20(11(2)10-19)14(9-18)15-12(16)5-4-6-13(15)17/h4-6,11,14H,3,7-8,10H2,1-2H3. The lowest BCUT2D eigenvalue weighted by molar-refractivity contribution is 0.0673. The Balaban J connectivity index is 2.28. The van der Waals surface area contributed by atoms with E-state index >= 15 is 0 Å². The Hall–Kier alpha value is -1.15. The van der Waals surface area contributed by atoms with E-state index in [4.69, 9.17) is 11.6 Å². The molecule has 0 bridgehead atoms. The number of likely N-dealkylation sites (N-methyl/N-ethyl adjacent to an activating group) is 1. The fourth-order valence-corrected chi connectivity index (χ4v) is 3.06. The Labute approximate surface area is 124 Å². The maximum atomic E-state index is 14.0. The number of halogens is 2. The molecule has 0 saturated carbocycles.